The molecule has 0 aliphatic carbocycles. The molecule has 0 saturated heterocycles. The summed E-state index contributed by atoms with van der Waals surface area (Å²) in [5.74, 6) is -0.908. The second-order valence-electron chi connectivity index (χ2n) is 4.37. The quantitative estimate of drug-likeness (QED) is 0.526. The average molecular weight is 325 g/mol. The van der Waals surface area contributed by atoms with Crippen molar-refractivity contribution in [3.8, 4) is 0 Å². The molecular formula is C13H13N2O6S+. The maximum Gasteiger partial charge on any atom is 0.339 e. The van der Waals surface area contributed by atoms with Crippen LogP contribution in [0.15, 0.2) is 47.5 Å². The van der Waals surface area contributed by atoms with Crippen molar-refractivity contribution in [1.29, 1.82) is 0 Å². The van der Waals surface area contributed by atoms with Crippen molar-refractivity contribution in [3.63, 3.8) is 0 Å². The van der Waals surface area contributed by atoms with Crippen molar-refractivity contribution in [2.45, 2.75) is 11.5 Å². The Morgan fingerprint density at radius 3 is 2.36 bits per heavy atom. The molecule has 0 atom stereocenters. The third-order valence-corrected chi connectivity index (χ3v) is 3.65. The summed E-state index contributed by atoms with van der Waals surface area (Å²) in [6.45, 7) is 0.0314. The van der Waals surface area contributed by atoms with Crippen LogP contribution < -0.4 is 15.3 Å². The van der Waals surface area contributed by atoms with Gasteiger partial charge in [-0.05, 0) is 28.5 Å². The highest BCUT2D eigenvalue weighted by atomic mass is 32.2. The van der Waals surface area contributed by atoms with Crippen molar-refractivity contribution in [3.05, 3.63) is 53.7 Å². The maximum absolute atomic E-state index is 10.9. The zero-order chi connectivity index (χ0) is 16.3. The second-order valence-corrected chi connectivity index (χ2v) is 5.79. The van der Waals surface area contributed by atoms with Gasteiger partial charge >= 0.3 is 11.8 Å². The van der Waals surface area contributed by atoms with Gasteiger partial charge in [0.2, 0.25) is 0 Å². The molecule has 1 heterocycles. The molecule has 0 unspecified atom stereocenters. The van der Waals surface area contributed by atoms with Crippen LogP contribution in [-0.2, 0) is 16.7 Å². The number of nitrogens with zero attached hydrogens (tertiary/aromatic N) is 1. The molecular weight excluding hydrogens is 312 g/mol. The van der Waals surface area contributed by atoms with Crippen molar-refractivity contribution >= 4 is 21.9 Å². The van der Waals surface area contributed by atoms with E-state index in [2.05, 4.69) is 0 Å². The zero-order valence-electron chi connectivity index (χ0n) is 11.2. The Labute approximate surface area is 126 Å². The lowest BCUT2D eigenvalue weighted by atomic mass is 10.2. The molecule has 2 rings (SSSR count). The fraction of sp³-hybridized carbons (Fsp3) is 0.0769. The van der Waals surface area contributed by atoms with Crippen molar-refractivity contribution in [2.75, 3.05) is 5.73 Å². The number of carboxylic acids is 1. The molecule has 9 heteroatoms. The summed E-state index contributed by atoms with van der Waals surface area (Å²) in [7, 11) is -4.24. The van der Waals surface area contributed by atoms with Gasteiger partial charge in [0.25, 0.3) is 10.1 Å². The van der Waals surface area contributed by atoms with Gasteiger partial charge in [-0.2, -0.15) is 8.42 Å². The number of pyridine rings is 1. The van der Waals surface area contributed by atoms with E-state index >= 15 is 0 Å². The Bertz CT molecular complexity index is 802. The number of aromatic nitrogens is 1. The van der Waals surface area contributed by atoms with Crippen LogP contribution in [0.3, 0.4) is 0 Å². The van der Waals surface area contributed by atoms with Crippen molar-refractivity contribution in [1.82, 2.24) is 0 Å². The largest absolute Gasteiger partial charge is 0.478 e. The zero-order valence-corrected chi connectivity index (χ0v) is 12.0. The Morgan fingerprint density at radius 1 is 1.18 bits per heavy atom. The van der Waals surface area contributed by atoms with Crippen LogP contribution in [0.2, 0.25) is 0 Å². The van der Waals surface area contributed by atoms with Gasteiger partial charge in [-0.15, -0.1) is 0 Å². The van der Waals surface area contributed by atoms with Gasteiger partial charge < -0.3 is 9.94 Å². The molecule has 22 heavy (non-hydrogen) atoms. The van der Waals surface area contributed by atoms with Crippen LogP contribution in [-0.4, -0.2) is 24.0 Å². The molecule has 0 amide bonds. The minimum Gasteiger partial charge on any atom is -0.478 e. The Kier molecular flexibility index (Phi) is 4.29. The van der Waals surface area contributed by atoms with E-state index in [-0.39, 0.29) is 22.9 Å². The highest BCUT2D eigenvalue weighted by molar-refractivity contribution is 7.85. The third-order valence-electron chi connectivity index (χ3n) is 2.78. The normalized spacial score (nSPS) is 11.1. The fourth-order valence-electron chi connectivity index (χ4n) is 1.63. The lowest BCUT2D eigenvalue weighted by molar-refractivity contribution is -0.884. The number of nitrogen functional groups attached to an aromatic ring is 1. The summed E-state index contributed by atoms with van der Waals surface area (Å²) in [5, 5.41) is 8.90. The van der Waals surface area contributed by atoms with Gasteiger partial charge in [0.15, 0.2) is 12.8 Å². The smallest absolute Gasteiger partial charge is 0.339 e. The van der Waals surface area contributed by atoms with E-state index in [1.807, 2.05) is 0 Å². The molecule has 0 aliphatic rings. The van der Waals surface area contributed by atoms with Gasteiger partial charge in [0.1, 0.15) is 5.56 Å². The monoisotopic (exact) mass is 325 g/mol. The summed E-state index contributed by atoms with van der Waals surface area (Å²) in [6.07, 6.45) is 1.23. The average Bonchev–Trinajstić information content (AvgIpc) is 2.45. The van der Waals surface area contributed by atoms with Gasteiger partial charge in [0, 0.05) is 6.07 Å². The topological polar surface area (TPSA) is 131 Å². The number of carboxylic acid groups (broad SMARTS) is 1. The van der Waals surface area contributed by atoms with Crippen molar-refractivity contribution in [2.24, 2.45) is 0 Å². The molecule has 0 saturated carbocycles. The summed E-state index contributed by atoms with van der Waals surface area (Å²) in [5.41, 5.74) is 6.29. The summed E-state index contributed by atoms with van der Waals surface area (Å²) < 4.78 is 31.8. The van der Waals surface area contributed by atoms with Gasteiger partial charge in [-0.3, -0.25) is 10.3 Å². The Hall–Kier alpha value is -2.65. The van der Waals surface area contributed by atoms with E-state index in [1.54, 1.807) is 0 Å². The lowest BCUT2D eigenvalue weighted by Gasteiger charge is -2.06. The van der Waals surface area contributed by atoms with Crippen LogP contribution >= 0.6 is 0 Å². The van der Waals surface area contributed by atoms with E-state index < -0.39 is 16.1 Å². The Morgan fingerprint density at radius 2 is 1.82 bits per heavy atom. The third kappa shape index (κ3) is 3.71. The summed E-state index contributed by atoms with van der Waals surface area (Å²) in [4.78, 5) is 16.0. The minimum absolute atomic E-state index is 0.0101. The molecule has 0 radical (unpaired) electrons. The first kappa shape index (κ1) is 15.7. The number of rotatable bonds is 5. The minimum atomic E-state index is -4.24. The number of benzene rings is 1. The summed E-state index contributed by atoms with van der Waals surface area (Å²) >= 11 is 0. The summed E-state index contributed by atoms with van der Waals surface area (Å²) in [6, 6.07) is 8.12. The van der Waals surface area contributed by atoms with E-state index in [0.29, 0.717) is 5.56 Å². The second kappa shape index (κ2) is 6.00. The van der Waals surface area contributed by atoms with Crippen LogP contribution in [0.25, 0.3) is 0 Å². The molecule has 0 aliphatic heterocycles. The predicted octanol–water partition coefficient (Wildman–Crippen LogP) is 0.130. The number of nitrogens with two attached hydrogens (primary N) is 1. The maximum atomic E-state index is 10.9. The van der Waals surface area contributed by atoms with Gasteiger partial charge in [0.05, 0.1) is 4.90 Å². The number of anilines is 1. The molecule has 8 nitrogen and oxygen atoms in total. The van der Waals surface area contributed by atoms with Crippen LogP contribution in [0.4, 0.5) is 5.82 Å². The molecule has 0 bridgehead atoms. The number of carbonyl (C=O) groups is 1. The molecule has 0 fully saturated rings. The molecule has 116 valence electrons. The van der Waals surface area contributed by atoms with E-state index in [9.17, 15) is 13.2 Å². The fourth-order valence-corrected chi connectivity index (χ4v) is 2.11. The number of aromatic carboxylic acids is 1. The highest BCUT2D eigenvalue weighted by Gasteiger charge is 2.13. The predicted molar refractivity (Wildman–Crippen MR) is 74.5 cm³/mol. The molecule has 1 aromatic heterocycles. The van der Waals surface area contributed by atoms with E-state index in [1.165, 1.54) is 42.6 Å². The van der Waals surface area contributed by atoms with Gasteiger partial charge in [-0.25, -0.2) is 4.79 Å². The first-order valence-electron chi connectivity index (χ1n) is 6.01. The molecule has 0 spiro atoms. The van der Waals surface area contributed by atoms with Crippen molar-refractivity contribution < 1.29 is 32.4 Å². The van der Waals surface area contributed by atoms with Gasteiger partial charge in [-0.1, -0.05) is 12.1 Å². The van der Waals surface area contributed by atoms with E-state index in [4.69, 9.17) is 20.2 Å². The molecule has 2 aromatic rings. The van der Waals surface area contributed by atoms with E-state index in [0.717, 1.165) is 4.73 Å². The van der Waals surface area contributed by atoms with Crippen LogP contribution in [0, 0.1) is 0 Å². The number of hydrogen-bond donors (Lipinski definition) is 3. The highest BCUT2D eigenvalue weighted by Crippen LogP contribution is 2.10. The Balaban J connectivity index is 2.13. The standard InChI is InChI=1S/C13H12N2O6S/c14-12-6-3-10(13(16)17)7-15(12)21-8-9-1-4-11(5-2-9)22(18,19)20/h1-7,14H,8H2,(H2,16,17,18,19,20)/p+1. The first-order chi connectivity index (χ1) is 10.3. The SMILES string of the molecule is Nc1ccc(C(=O)O)c[n+]1OCc1ccc(S(=O)(=O)O)cc1. The molecule has 4 N–H and O–H groups in total. The van der Waals surface area contributed by atoms with Crippen LogP contribution in [0.5, 0.6) is 0 Å². The van der Waals surface area contributed by atoms with Crippen LogP contribution in [0.1, 0.15) is 15.9 Å². The molecule has 1 aromatic carbocycles. The lowest BCUT2D eigenvalue weighted by Crippen LogP contribution is -2.45. The first-order valence-corrected chi connectivity index (χ1v) is 7.45. The number of hydrogen-bond acceptors (Lipinski definition) is 5.